The van der Waals surface area contributed by atoms with Crippen LogP contribution in [-0.2, 0) is 11.2 Å². The first-order valence-electron chi connectivity index (χ1n) is 9.14. The Morgan fingerprint density at radius 1 is 1.33 bits per heavy atom. The molecule has 130 valence electrons. The van der Waals surface area contributed by atoms with Crippen LogP contribution in [0.3, 0.4) is 0 Å². The lowest BCUT2D eigenvalue weighted by atomic mass is 9.51. The van der Waals surface area contributed by atoms with Gasteiger partial charge in [-0.2, -0.15) is 0 Å². The average Bonchev–Trinajstić information content (AvgIpc) is 2.83. The molecule has 2 atom stereocenters. The zero-order valence-electron chi connectivity index (χ0n) is 14.4. The largest absolute Gasteiger partial charge is 0.455 e. The average molecular weight is 331 g/mol. The van der Waals surface area contributed by atoms with E-state index in [1.54, 1.807) is 0 Å². The van der Waals surface area contributed by atoms with Gasteiger partial charge in [-0.1, -0.05) is 6.42 Å². The summed E-state index contributed by atoms with van der Waals surface area (Å²) in [4.78, 5) is 24.8. The van der Waals surface area contributed by atoms with E-state index < -0.39 is 0 Å². The summed E-state index contributed by atoms with van der Waals surface area (Å²) in [7, 11) is 0. The number of ether oxygens (including phenoxy) is 1. The van der Waals surface area contributed by atoms with Gasteiger partial charge < -0.3 is 14.5 Å². The summed E-state index contributed by atoms with van der Waals surface area (Å²) < 4.78 is 11.6. The smallest absolute Gasteiger partial charge is 0.287 e. The van der Waals surface area contributed by atoms with Crippen LogP contribution in [0.1, 0.15) is 77.7 Å². The van der Waals surface area contributed by atoms with Crippen LogP contribution in [0.5, 0.6) is 0 Å². The molecule has 1 amide bonds. The molecule has 3 aliphatic carbocycles. The first kappa shape index (κ1) is 15.9. The number of rotatable bonds is 4. The second-order valence-corrected chi connectivity index (χ2v) is 7.42. The maximum absolute atomic E-state index is 12.7. The molecule has 4 rings (SSSR count). The van der Waals surface area contributed by atoms with Gasteiger partial charge in [-0.3, -0.25) is 9.59 Å². The van der Waals surface area contributed by atoms with Crippen LogP contribution < -0.4 is 5.32 Å². The molecule has 2 saturated carbocycles. The fourth-order valence-corrected chi connectivity index (χ4v) is 4.73. The first-order valence-corrected chi connectivity index (χ1v) is 9.14. The minimum absolute atomic E-state index is 0.104. The van der Waals surface area contributed by atoms with E-state index in [0.29, 0.717) is 29.1 Å². The Hall–Kier alpha value is -1.62. The number of aryl methyl sites for hydroxylation is 1. The van der Waals surface area contributed by atoms with Crippen LogP contribution in [-0.4, -0.2) is 30.4 Å². The van der Waals surface area contributed by atoms with Crippen molar-refractivity contribution in [3.8, 4) is 0 Å². The summed E-state index contributed by atoms with van der Waals surface area (Å²) in [5.74, 6) is 0.936. The SMILES string of the molecule is CCO[C@@H]1C[C@@H](NC(=O)c2oc3c(c2C)C(=O)CCC3)C12CCC2. The van der Waals surface area contributed by atoms with E-state index in [2.05, 4.69) is 5.32 Å². The van der Waals surface area contributed by atoms with Crippen LogP contribution >= 0.6 is 0 Å². The van der Waals surface area contributed by atoms with E-state index in [1.807, 2.05) is 13.8 Å². The Morgan fingerprint density at radius 3 is 2.75 bits per heavy atom. The topological polar surface area (TPSA) is 68.5 Å². The van der Waals surface area contributed by atoms with Gasteiger partial charge in [-0.25, -0.2) is 0 Å². The standard InChI is InChI=1S/C19H25NO4/c1-3-23-15-10-14(19(15)8-5-9-19)20-18(22)17-11(2)16-12(21)6-4-7-13(16)24-17/h14-15H,3-10H2,1-2H3,(H,20,22)/t14-,15-/m1/s1. The molecule has 1 spiro atoms. The van der Waals surface area contributed by atoms with Crippen molar-refractivity contribution in [3.05, 3.63) is 22.6 Å². The van der Waals surface area contributed by atoms with Gasteiger partial charge in [0.1, 0.15) is 5.76 Å². The lowest BCUT2D eigenvalue weighted by molar-refractivity contribution is -0.169. The number of hydrogen-bond acceptors (Lipinski definition) is 4. The lowest BCUT2D eigenvalue weighted by Gasteiger charge is -2.60. The van der Waals surface area contributed by atoms with E-state index in [9.17, 15) is 9.59 Å². The molecule has 0 radical (unpaired) electrons. The minimum atomic E-state index is -0.180. The van der Waals surface area contributed by atoms with E-state index in [-0.39, 0.29) is 29.3 Å². The van der Waals surface area contributed by atoms with Crippen molar-refractivity contribution in [1.29, 1.82) is 0 Å². The van der Waals surface area contributed by atoms with Crippen molar-refractivity contribution < 1.29 is 18.7 Å². The molecule has 0 unspecified atom stereocenters. The molecular formula is C19H25NO4. The molecule has 0 saturated heterocycles. The second-order valence-electron chi connectivity index (χ2n) is 7.42. The number of amides is 1. The third-order valence-electron chi connectivity index (χ3n) is 6.26. The van der Waals surface area contributed by atoms with Gasteiger partial charge >= 0.3 is 0 Å². The summed E-state index contributed by atoms with van der Waals surface area (Å²) >= 11 is 0. The van der Waals surface area contributed by atoms with Gasteiger partial charge in [0.25, 0.3) is 5.91 Å². The van der Waals surface area contributed by atoms with Gasteiger partial charge in [0.05, 0.1) is 11.7 Å². The Kier molecular flexibility index (Phi) is 3.79. The van der Waals surface area contributed by atoms with E-state index >= 15 is 0 Å². The molecule has 1 heterocycles. The van der Waals surface area contributed by atoms with Crippen LogP contribution in [0.15, 0.2) is 4.42 Å². The number of carbonyl (C=O) groups is 2. The van der Waals surface area contributed by atoms with Crippen molar-refractivity contribution in [1.82, 2.24) is 5.32 Å². The predicted octanol–water partition coefficient (Wildman–Crippen LogP) is 3.18. The highest BCUT2D eigenvalue weighted by Gasteiger charge is 2.59. The maximum Gasteiger partial charge on any atom is 0.287 e. The van der Waals surface area contributed by atoms with E-state index in [0.717, 1.165) is 38.7 Å². The Labute approximate surface area is 142 Å². The van der Waals surface area contributed by atoms with Gasteiger partial charge in [-0.15, -0.1) is 0 Å². The highest BCUT2D eigenvalue weighted by molar-refractivity contribution is 6.03. The molecule has 5 heteroatoms. The van der Waals surface area contributed by atoms with Crippen LogP contribution in [0.25, 0.3) is 0 Å². The lowest BCUT2D eigenvalue weighted by Crippen LogP contribution is -2.67. The quantitative estimate of drug-likeness (QED) is 0.920. The Bertz CT molecular complexity index is 686. The normalized spacial score (nSPS) is 27.3. The molecule has 1 aromatic rings. The highest BCUT2D eigenvalue weighted by atomic mass is 16.5. The number of fused-ring (bicyclic) bond motifs is 1. The van der Waals surface area contributed by atoms with Crippen LogP contribution in [0.4, 0.5) is 0 Å². The molecule has 2 fully saturated rings. The predicted molar refractivity (Wildman–Crippen MR) is 88.3 cm³/mol. The molecule has 5 nitrogen and oxygen atoms in total. The van der Waals surface area contributed by atoms with Crippen molar-refractivity contribution >= 4 is 11.7 Å². The third kappa shape index (κ3) is 2.17. The zero-order chi connectivity index (χ0) is 16.9. The number of carbonyl (C=O) groups excluding carboxylic acids is 2. The van der Waals surface area contributed by atoms with Crippen molar-refractivity contribution in [3.63, 3.8) is 0 Å². The molecule has 0 aliphatic heterocycles. The van der Waals surface area contributed by atoms with Crippen molar-refractivity contribution in [2.24, 2.45) is 5.41 Å². The monoisotopic (exact) mass is 331 g/mol. The number of nitrogens with one attached hydrogen (secondary N) is 1. The van der Waals surface area contributed by atoms with Gasteiger partial charge in [0.15, 0.2) is 11.5 Å². The summed E-state index contributed by atoms with van der Waals surface area (Å²) in [6, 6.07) is 0.160. The van der Waals surface area contributed by atoms with E-state index in [1.165, 1.54) is 6.42 Å². The summed E-state index contributed by atoms with van der Waals surface area (Å²) in [5.41, 5.74) is 1.47. The zero-order valence-corrected chi connectivity index (χ0v) is 14.4. The molecular weight excluding hydrogens is 306 g/mol. The van der Waals surface area contributed by atoms with Gasteiger partial charge in [0.2, 0.25) is 0 Å². The van der Waals surface area contributed by atoms with Crippen LogP contribution in [0.2, 0.25) is 0 Å². The maximum atomic E-state index is 12.7. The Morgan fingerprint density at radius 2 is 2.12 bits per heavy atom. The minimum Gasteiger partial charge on any atom is -0.455 e. The fourth-order valence-electron chi connectivity index (χ4n) is 4.73. The van der Waals surface area contributed by atoms with Crippen LogP contribution in [0, 0.1) is 12.3 Å². The number of furan rings is 1. The summed E-state index contributed by atoms with van der Waals surface area (Å²) in [6.07, 6.45) is 6.70. The number of Topliss-reactive ketones (excluding diaryl/α,β-unsaturated/α-hetero) is 1. The third-order valence-corrected chi connectivity index (χ3v) is 6.26. The summed E-state index contributed by atoms with van der Waals surface area (Å²) in [5, 5.41) is 3.15. The molecule has 3 aliphatic rings. The molecule has 1 N–H and O–H groups in total. The van der Waals surface area contributed by atoms with Gasteiger partial charge in [0, 0.05) is 36.5 Å². The fraction of sp³-hybridized carbons (Fsp3) is 0.684. The summed E-state index contributed by atoms with van der Waals surface area (Å²) in [6.45, 7) is 4.56. The highest BCUT2D eigenvalue weighted by Crippen LogP contribution is 2.57. The van der Waals surface area contributed by atoms with Gasteiger partial charge in [-0.05, 0) is 39.5 Å². The first-order chi connectivity index (χ1) is 11.6. The second kappa shape index (κ2) is 5.73. The van der Waals surface area contributed by atoms with E-state index in [4.69, 9.17) is 9.15 Å². The Balaban J connectivity index is 1.51. The van der Waals surface area contributed by atoms with Crippen molar-refractivity contribution in [2.75, 3.05) is 6.61 Å². The molecule has 0 aromatic carbocycles. The number of hydrogen-bond donors (Lipinski definition) is 1. The molecule has 0 bridgehead atoms. The molecule has 24 heavy (non-hydrogen) atoms. The van der Waals surface area contributed by atoms with Crippen molar-refractivity contribution in [2.45, 2.75) is 70.9 Å². The number of ketones is 1. The molecule has 1 aromatic heterocycles.